The number of anilines is 2. The van der Waals surface area contributed by atoms with E-state index in [0.29, 0.717) is 27.0 Å². The molecule has 0 fully saturated rings. The van der Waals surface area contributed by atoms with Crippen molar-refractivity contribution in [2.75, 3.05) is 11.1 Å². The maximum Gasteiger partial charge on any atom is 0.257 e. The number of nitrogens with one attached hydrogen (secondary N) is 1. The summed E-state index contributed by atoms with van der Waals surface area (Å²) in [5.74, 6) is -0.325. The van der Waals surface area contributed by atoms with Crippen molar-refractivity contribution in [3.05, 3.63) is 76.4 Å². The first kappa shape index (κ1) is 16.3. The van der Waals surface area contributed by atoms with Crippen LogP contribution in [0.15, 0.2) is 60.8 Å². The Balaban J connectivity index is 1.89. The molecule has 0 radical (unpaired) electrons. The Hall–Kier alpha value is -2.56. The van der Waals surface area contributed by atoms with Gasteiger partial charge in [-0.25, -0.2) is 0 Å². The fourth-order valence-corrected chi connectivity index (χ4v) is 2.72. The molecule has 3 aromatic rings. The third-order valence-corrected chi connectivity index (χ3v) is 4.05. The number of amides is 1. The number of benzene rings is 2. The smallest absolute Gasteiger partial charge is 0.257 e. The monoisotopic (exact) mass is 357 g/mol. The molecule has 0 atom stereocenters. The molecule has 1 heterocycles. The van der Waals surface area contributed by atoms with Gasteiger partial charge in [-0.15, -0.1) is 0 Å². The number of hydrogen-bond donors (Lipinski definition) is 2. The number of nitrogen functional groups attached to an aromatic ring is 1. The average molecular weight is 358 g/mol. The van der Waals surface area contributed by atoms with E-state index in [1.165, 1.54) is 6.07 Å². The van der Waals surface area contributed by atoms with E-state index in [4.69, 9.17) is 28.9 Å². The number of carbonyl (C=O) groups excluding carboxylic acids is 1. The lowest BCUT2D eigenvalue weighted by atomic mass is 10.1. The van der Waals surface area contributed by atoms with Gasteiger partial charge in [0.2, 0.25) is 0 Å². The van der Waals surface area contributed by atoms with E-state index in [1.807, 2.05) is 18.2 Å². The van der Waals surface area contributed by atoms with Crippen molar-refractivity contribution in [2.45, 2.75) is 0 Å². The lowest BCUT2D eigenvalue weighted by Gasteiger charge is -2.10. The van der Waals surface area contributed by atoms with Crippen LogP contribution in [0.1, 0.15) is 10.4 Å². The van der Waals surface area contributed by atoms with Gasteiger partial charge in [-0.3, -0.25) is 9.78 Å². The van der Waals surface area contributed by atoms with Crippen LogP contribution in [0, 0.1) is 0 Å². The van der Waals surface area contributed by atoms with Crippen molar-refractivity contribution in [3.8, 4) is 11.3 Å². The summed E-state index contributed by atoms with van der Waals surface area (Å²) in [6.07, 6.45) is 1.69. The summed E-state index contributed by atoms with van der Waals surface area (Å²) >= 11 is 12.3. The third kappa shape index (κ3) is 3.50. The molecular formula is C18H13Cl2N3O. The van der Waals surface area contributed by atoms with Gasteiger partial charge in [0, 0.05) is 23.1 Å². The predicted molar refractivity (Wildman–Crippen MR) is 98.5 cm³/mol. The molecule has 0 aliphatic heterocycles. The van der Waals surface area contributed by atoms with Gasteiger partial charge < -0.3 is 11.1 Å². The van der Waals surface area contributed by atoms with Crippen molar-refractivity contribution in [2.24, 2.45) is 0 Å². The van der Waals surface area contributed by atoms with E-state index in [1.54, 1.807) is 36.5 Å². The number of halogens is 2. The Kier molecular flexibility index (Phi) is 4.69. The van der Waals surface area contributed by atoms with E-state index >= 15 is 0 Å². The van der Waals surface area contributed by atoms with Gasteiger partial charge in [0.1, 0.15) is 0 Å². The standard InChI is InChI=1S/C18H13Cl2N3O/c19-15-7-5-12(10-14(15)17-3-1-2-8-22-17)23-18(24)13-6-4-11(21)9-16(13)20/h1-10H,21H2,(H,23,24). The molecule has 2 aromatic carbocycles. The minimum atomic E-state index is -0.325. The van der Waals surface area contributed by atoms with Gasteiger partial charge in [-0.1, -0.05) is 29.3 Å². The number of pyridine rings is 1. The molecule has 0 bridgehead atoms. The quantitative estimate of drug-likeness (QED) is 0.655. The van der Waals surface area contributed by atoms with Crippen LogP contribution in [0.25, 0.3) is 11.3 Å². The Labute approximate surface area is 149 Å². The summed E-state index contributed by atoms with van der Waals surface area (Å²) in [5, 5.41) is 3.66. The van der Waals surface area contributed by atoms with Gasteiger partial charge in [-0.2, -0.15) is 0 Å². The predicted octanol–water partition coefficient (Wildman–Crippen LogP) is 4.89. The number of nitrogens with zero attached hydrogens (tertiary/aromatic N) is 1. The van der Waals surface area contributed by atoms with Crippen molar-refractivity contribution >= 4 is 40.5 Å². The molecule has 0 aliphatic carbocycles. The zero-order valence-electron chi connectivity index (χ0n) is 12.5. The van der Waals surface area contributed by atoms with E-state index in [2.05, 4.69) is 10.3 Å². The van der Waals surface area contributed by atoms with Crippen LogP contribution in [-0.4, -0.2) is 10.9 Å². The Morgan fingerprint density at radius 1 is 1.00 bits per heavy atom. The minimum absolute atomic E-state index is 0.298. The normalized spacial score (nSPS) is 10.4. The van der Waals surface area contributed by atoms with E-state index in [-0.39, 0.29) is 5.91 Å². The first-order valence-electron chi connectivity index (χ1n) is 7.12. The number of aromatic nitrogens is 1. The summed E-state index contributed by atoms with van der Waals surface area (Å²) < 4.78 is 0. The topological polar surface area (TPSA) is 68.0 Å². The largest absolute Gasteiger partial charge is 0.399 e. The summed E-state index contributed by atoms with van der Waals surface area (Å²) in [4.78, 5) is 16.7. The number of nitrogens with two attached hydrogens (primary N) is 1. The number of carbonyl (C=O) groups is 1. The highest BCUT2D eigenvalue weighted by molar-refractivity contribution is 6.35. The van der Waals surface area contributed by atoms with Crippen LogP contribution in [0.3, 0.4) is 0 Å². The molecule has 0 aliphatic rings. The molecule has 24 heavy (non-hydrogen) atoms. The molecule has 0 saturated heterocycles. The summed E-state index contributed by atoms with van der Waals surface area (Å²) in [7, 11) is 0. The Morgan fingerprint density at radius 3 is 2.54 bits per heavy atom. The van der Waals surface area contributed by atoms with E-state index in [0.717, 1.165) is 11.3 Å². The summed E-state index contributed by atoms with van der Waals surface area (Å²) in [6, 6.07) is 15.5. The maximum atomic E-state index is 12.4. The van der Waals surface area contributed by atoms with E-state index in [9.17, 15) is 4.79 Å². The highest BCUT2D eigenvalue weighted by Gasteiger charge is 2.12. The first-order valence-corrected chi connectivity index (χ1v) is 7.87. The van der Waals surface area contributed by atoms with Gasteiger partial charge >= 0.3 is 0 Å². The number of hydrogen-bond acceptors (Lipinski definition) is 3. The maximum absolute atomic E-state index is 12.4. The molecule has 0 saturated carbocycles. The molecule has 6 heteroatoms. The van der Waals surface area contributed by atoms with Gasteiger partial charge in [0.15, 0.2) is 0 Å². The molecule has 1 aromatic heterocycles. The highest BCUT2D eigenvalue weighted by Crippen LogP contribution is 2.29. The third-order valence-electron chi connectivity index (χ3n) is 3.40. The van der Waals surface area contributed by atoms with Crippen LogP contribution in [0.5, 0.6) is 0 Å². The second kappa shape index (κ2) is 6.91. The van der Waals surface area contributed by atoms with Gasteiger partial charge in [-0.05, 0) is 48.5 Å². The molecule has 3 N–H and O–H groups in total. The number of rotatable bonds is 3. The SMILES string of the molecule is Nc1ccc(C(=O)Nc2ccc(Cl)c(-c3ccccn3)c2)c(Cl)c1. The van der Waals surface area contributed by atoms with Crippen molar-refractivity contribution in [3.63, 3.8) is 0 Å². The van der Waals surface area contributed by atoms with Gasteiger partial charge in [0.05, 0.1) is 21.3 Å². The second-order valence-corrected chi connectivity index (χ2v) is 5.92. The van der Waals surface area contributed by atoms with Gasteiger partial charge in [0.25, 0.3) is 5.91 Å². The summed E-state index contributed by atoms with van der Waals surface area (Å²) in [6.45, 7) is 0. The Bertz CT molecular complexity index is 898. The first-order chi connectivity index (χ1) is 11.5. The fraction of sp³-hybridized carbons (Fsp3) is 0. The lowest BCUT2D eigenvalue weighted by molar-refractivity contribution is 0.102. The molecule has 0 unspecified atom stereocenters. The highest BCUT2D eigenvalue weighted by atomic mass is 35.5. The van der Waals surface area contributed by atoms with Crippen molar-refractivity contribution in [1.29, 1.82) is 0 Å². The molecular weight excluding hydrogens is 345 g/mol. The minimum Gasteiger partial charge on any atom is -0.399 e. The zero-order chi connectivity index (χ0) is 17.1. The molecule has 1 amide bonds. The second-order valence-electron chi connectivity index (χ2n) is 5.10. The fourth-order valence-electron chi connectivity index (χ4n) is 2.24. The van der Waals surface area contributed by atoms with E-state index < -0.39 is 0 Å². The molecule has 120 valence electrons. The molecule has 0 spiro atoms. The van der Waals surface area contributed by atoms with Crippen LogP contribution >= 0.6 is 23.2 Å². The van der Waals surface area contributed by atoms with Crippen LogP contribution < -0.4 is 11.1 Å². The van der Waals surface area contributed by atoms with Crippen LogP contribution in [-0.2, 0) is 0 Å². The van der Waals surface area contributed by atoms with Crippen molar-refractivity contribution < 1.29 is 4.79 Å². The van der Waals surface area contributed by atoms with Crippen LogP contribution in [0.2, 0.25) is 10.0 Å². The van der Waals surface area contributed by atoms with Crippen molar-refractivity contribution in [1.82, 2.24) is 4.98 Å². The lowest BCUT2D eigenvalue weighted by Crippen LogP contribution is -2.12. The average Bonchev–Trinajstić information content (AvgIpc) is 2.57. The molecule has 4 nitrogen and oxygen atoms in total. The Morgan fingerprint density at radius 2 is 1.83 bits per heavy atom. The zero-order valence-corrected chi connectivity index (χ0v) is 14.0. The summed E-state index contributed by atoms with van der Waals surface area (Å²) in [5.41, 5.74) is 8.55. The van der Waals surface area contributed by atoms with Crippen LogP contribution in [0.4, 0.5) is 11.4 Å². The molecule has 3 rings (SSSR count).